The van der Waals surface area contributed by atoms with Gasteiger partial charge in [0.05, 0.1) is 11.4 Å². The van der Waals surface area contributed by atoms with Gasteiger partial charge in [-0.15, -0.1) is 11.3 Å². The van der Waals surface area contributed by atoms with E-state index in [1.807, 2.05) is 72.1 Å². The Kier molecular flexibility index (Phi) is 5.65. The molecule has 0 aliphatic rings. The number of hydrogen-bond donors (Lipinski definition) is 1. The first-order valence-electron chi connectivity index (χ1n) is 12.6. The SMILES string of the molecule is c1ccc(-c2cccc(Nc3cc(-c4ccc5c(c4)sc4ccccc45)cc(-c4ccccn4)c3)n2)cc1. The molecule has 7 aromatic rings. The number of benzene rings is 4. The van der Waals surface area contributed by atoms with E-state index in [1.165, 1.54) is 25.7 Å². The van der Waals surface area contributed by atoms with E-state index in [-0.39, 0.29) is 0 Å². The number of thiophene rings is 1. The third-order valence-electron chi connectivity index (χ3n) is 6.70. The van der Waals surface area contributed by atoms with Crippen LogP contribution in [0.5, 0.6) is 0 Å². The van der Waals surface area contributed by atoms with Crippen LogP contribution in [0.2, 0.25) is 0 Å². The van der Waals surface area contributed by atoms with Crippen LogP contribution >= 0.6 is 11.3 Å². The summed E-state index contributed by atoms with van der Waals surface area (Å²) in [6.07, 6.45) is 1.84. The van der Waals surface area contributed by atoms with Gasteiger partial charge in [0.2, 0.25) is 0 Å². The maximum Gasteiger partial charge on any atom is 0.131 e. The maximum absolute atomic E-state index is 4.88. The third-order valence-corrected chi connectivity index (χ3v) is 7.83. The lowest BCUT2D eigenvalue weighted by Crippen LogP contribution is -1.96. The van der Waals surface area contributed by atoms with Gasteiger partial charge in [0.15, 0.2) is 0 Å². The van der Waals surface area contributed by atoms with E-state index in [0.29, 0.717) is 0 Å². The van der Waals surface area contributed by atoms with Crippen molar-refractivity contribution in [1.29, 1.82) is 0 Å². The monoisotopic (exact) mass is 505 g/mol. The Bertz CT molecular complexity index is 1890. The normalized spacial score (nSPS) is 11.2. The zero-order chi connectivity index (χ0) is 25.3. The van der Waals surface area contributed by atoms with Crippen molar-refractivity contribution in [2.75, 3.05) is 5.32 Å². The second-order valence-corrected chi connectivity index (χ2v) is 10.3. The highest BCUT2D eigenvalue weighted by molar-refractivity contribution is 7.25. The van der Waals surface area contributed by atoms with Gasteiger partial charge in [-0.05, 0) is 65.7 Å². The minimum Gasteiger partial charge on any atom is -0.340 e. The Balaban J connectivity index is 1.32. The lowest BCUT2D eigenvalue weighted by atomic mass is 9.99. The lowest BCUT2D eigenvalue weighted by molar-refractivity contribution is 1.30. The van der Waals surface area contributed by atoms with Crippen molar-refractivity contribution in [3.63, 3.8) is 0 Å². The van der Waals surface area contributed by atoms with E-state index >= 15 is 0 Å². The smallest absolute Gasteiger partial charge is 0.131 e. The number of aromatic nitrogens is 2. The predicted octanol–water partition coefficient (Wildman–Crippen LogP) is 9.59. The molecule has 0 aliphatic carbocycles. The molecule has 0 saturated heterocycles. The standard InChI is InChI=1S/C34H23N3S/c1-2-9-23(10-3-1)31-13-8-15-34(37-31)36-27-20-25(19-26(21-27)30-12-6-7-18-35-30)24-16-17-29-28-11-4-5-14-32(28)38-33(29)22-24/h1-22H,(H,36,37). The van der Waals surface area contributed by atoms with Crippen molar-refractivity contribution in [2.45, 2.75) is 0 Å². The van der Waals surface area contributed by atoms with Crippen molar-refractivity contribution >= 4 is 43.0 Å². The fourth-order valence-electron chi connectivity index (χ4n) is 4.88. The molecule has 0 spiro atoms. The second kappa shape index (κ2) is 9.58. The van der Waals surface area contributed by atoms with Crippen LogP contribution in [0.25, 0.3) is 53.8 Å². The van der Waals surface area contributed by atoms with E-state index in [2.05, 4.69) is 83.1 Å². The molecule has 0 saturated carbocycles. The third kappa shape index (κ3) is 4.32. The number of pyridine rings is 2. The molecule has 4 aromatic carbocycles. The molecule has 3 heterocycles. The molecule has 3 nitrogen and oxygen atoms in total. The highest BCUT2D eigenvalue weighted by Gasteiger charge is 2.11. The molecule has 3 aromatic heterocycles. The van der Waals surface area contributed by atoms with E-state index in [0.717, 1.165) is 39.6 Å². The van der Waals surface area contributed by atoms with Gasteiger partial charge in [0, 0.05) is 43.2 Å². The molecule has 0 unspecified atom stereocenters. The first kappa shape index (κ1) is 22.4. The largest absolute Gasteiger partial charge is 0.340 e. The van der Waals surface area contributed by atoms with Gasteiger partial charge in [-0.3, -0.25) is 4.98 Å². The fourth-order valence-corrected chi connectivity index (χ4v) is 6.02. The average Bonchev–Trinajstić information content (AvgIpc) is 3.36. The highest BCUT2D eigenvalue weighted by Crippen LogP contribution is 2.38. The van der Waals surface area contributed by atoms with Crippen molar-refractivity contribution in [2.24, 2.45) is 0 Å². The molecule has 0 radical (unpaired) electrons. The minimum absolute atomic E-state index is 0.801. The Morgan fingerprint density at radius 2 is 1.29 bits per heavy atom. The summed E-state index contributed by atoms with van der Waals surface area (Å²) >= 11 is 1.84. The highest BCUT2D eigenvalue weighted by atomic mass is 32.1. The number of hydrogen-bond acceptors (Lipinski definition) is 4. The second-order valence-electron chi connectivity index (χ2n) is 9.22. The van der Waals surface area contributed by atoms with Crippen molar-refractivity contribution < 1.29 is 0 Å². The Labute approximate surface area is 225 Å². The van der Waals surface area contributed by atoms with Gasteiger partial charge in [-0.25, -0.2) is 4.98 Å². The molecule has 0 atom stereocenters. The van der Waals surface area contributed by atoms with Crippen LogP contribution in [-0.4, -0.2) is 9.97 Å². The summed E-state index contributed by atoms with van der Waals surface area (Å²) in [7, 11) is 0. The van der Waals surface area contributed by atoms with Gasteiger partial charge in [0.1, 0.15) is 5.82 Å². The first-order chi connectivity index (χ1) is 18.8. The van der Waals surface area contributed by atoms with Crippen LogP contribution in [0.1, 0.15) is 0 Å². The first-order valence-corrected chi connectivity index (χ1v) is 13.4. The number of nitrogens with zero attached hydrogens (tertiary/aromatic N) is 2. The molecule has 4 heteroatoms. The van der Waals surface area contributed by atoms with Gasteiger partial charge >= 0.3 is 0 Å². The summed E-state index contributed by atoms with van der Waals surface area (Å²) in [5.74, 6) is 0.801. The molecular weight excluding hydrogens is 482 g/mol. The zero-order valence-corrected chi connectivity index (χ0v) is 21.3. The van der Waals surface area contributed by atoms with E-state index < -0.39 is 0 Å². The van der Waals surface area contributed by atoms with Crippen LogP contribution in [0, 0.1) is 0 Å². The molecule has 38 heavy (non-hydrogen) atoms. The topological polar surface area (TPSA) is 37.8 Å². The quantitative estimate of drug-likeness (QED) is 0.253. The number of anilines is 2. The maximum atomic E-state index is 4.88. The summed E-state index contributed by atoms with van der Waals surface area (Å²) < 4.78 is 2.60. The molecule has 0 aliphatic heterocycles. The average molecular weight is 506 g/mol. The summed E-state index contributed by atoms with van der Waals surface area (Å²) in [6.45, 7) is 0. The summed E-state index contributed by atoms with van der Waals surface area (Å²) in [4.78, 5) is 9.51. The molecule has 0 bridgehead atoms. The molecule has 7 rings (SSSR count). The van der Waals surface area contributed by atoms with Gasteiger partial charge < -0.3 is 5.32 Å². The molecular formula is C34H23N3S. The summed E-state index contributed by atoms with van der Waals surface area (Å²) in [5.41, 5.74) is 7.30. The minimum atomic E-state index is 0.801. The van der Waals surface area contributed by atoms with Crippen LogP contribution in [0.4, 0.5) is 11.5 Å². The Morgan fingerprint density at radius 3 is 2.18 bits per heavy atom. The van der Waals surface area contributed by atoms with Crippen LogP contribution in [0.3, 0.4) is 0 Å². The van der Waals surface area contributed by atoms with Gasteiger partial charge in [0.25, 0.3) is 0 Å². The van der Waals surface area contributed by atoms with Crippen molar-refractivity contribution in [3.8, 4) is 33.6 Å². The van der Waals surface area contributed by atoms with Crippen molar-refractivity contribution in [1.82, 2.24) is 9.97 Å². The van der Waals surface area contributed by atoms with Gasteiger partial charge in [-0.1, -0.05) is 72.8 Å². The Hall–Kier alpha value is -4.80. The van der Waals surface area contributed by atoms with Crippen LogP contribution in [0.15, 0.2) is 134 Å². The lowest BCUT2D eigenvalue weighted by Gasteiger charge is -2.13. The van der Waals surface area contributed by atoms with Gasteiger partial charge in [-0.2, -0.15) is 0 Å². The number of rotatable bonds is 5. The van der Waals surface area contributed by atoms with E-state index in [9.17, 15) is 0 Å². The zero-order valence-electron chi connectivity index (χ0n) is 20.5. The fraction of sp³-hybridized carbons (Fsp3) is 0. The van der Waals surface area contributed by atoms with Crippen LogP contribution in [-0.2, 0) is 0 Å². The van der Waals surface area contributed by atoms with Crippen molar-refractivity contribution in [3.05, 3.63) is 134 Å². The van der Waals surface area contributed by atoms with E-state index in [4.69, 9.17) is 4.98 Å². The molecule has 0 amide bonds. The number of nitrogens with one attached hydrogen (secondary N) is 1. The Morgan fingerprint density at radius 1 is 0.500 bits per heavy atom. The van der Waals surface area contributed by atoms with Crippen LogP contribution < -0.4 is 5.32 Å². The van der Waals surface area contributed by atoms with E-state index in [1.54, 1.807) is 0 Å². The summed E-state index contributed by atoms with van der Waals surface area (Å²) in [6, 6.07) is 44.3. The molecule has 180 valence electrons. The number of fused-ring (bicyclic) bond motifs is 3. The molecule has 0 fully saturated rings. The molecule has 1 N–H and O–H groups in total. The summed E-state index contributed by atoms with van der Waals surface area (Å²) in [5, 5.41) is 6.17. The predicted molar refractivity (Wildman–Crippen MR) is 161 cm³/mol.